The number of anilines is 1. The topological polar surface area (TPSA) is 76.7 Å². The fourth-order valence-corrected chi connectivity index (χ4v) is 3.75. The Kier molecular flexibility index (Phi) is 6.50. The number of Topliss-reactive ketones (excluding diaryl/α,β-unsaturated/α-hetero) is 1. The quantitative estimate of drug-likeness (QED) is 0.784. The van der Waals surface area contributed by atoms with E-state index in [4.69, 9.17) is 9.47 Å². The molecule has 2 amide bonds. The lowest BCUT2D eigenvalue weighted by Gasteiger charge is -2.24. The van der Waals surface area contributed by atoms with E-state index in [1.807, 2.05) is 0 Å². The van der Waals surface area contributed by atoms with E-state index in [1.165, 1.54) is 6.42 Å². The molecule has 0 spiro atoms. The molecule has 0 radical (unpaired) electrons. The fourth-order valence-electron chi connectivity index (χ4n) is 3.75. The van der Waals surface area contributed by atoms with Crippen LogP contribution < -0.4 is 15.4 Å². The third-order valence-corrected chi connectivity index (χ3v) is 5.26. The molecule has 1 heterocycles. The minimum absolute atomic E-state index is 0.0982. The number of carbonyl (C=O) groups excluding carboxylic acids is 2. The lowest BCUT2D eigenvalue weighted by atomic mass is 9.84. The van der Waals surface area contributed by atoms with Crippen LogP contribution in [0.1, 0.15) is 55.3 Å². The number of hydrogen-bond acceptors (Lipinski definition) is 4. The molecular formula is C20H28N2O4. The molecule has 0 bridgehead atoms. The SMILES string of the molecule is COc1ccc(C(=O)C2CCCCC2)cc1NC(=O)NC1CCOCC1. The van der Waals surface area contributed by atoms with Crippen LogP contribution in [0.2, 0.25) is 0 Å². The van der Waals surface area contributed by atoms with Gasteiger partial charge in [-0.25, -0.2) is 4.79 Å². The minimum Gasteiger partial charge on any atom is -0.495 e. The molecule has 1 aromatic carbocycles. The first kappa shape index (κ1) is 18.7. The first-order chi connectivity index (χ1) is 12.7. The molecule has 3 rings (SSSR count). The van der Waals surface area contributed by atoms with Crippen molar-refractivity contribution in [2.24, 2.45) is 5.92 Å². The average molecular weight is 360 g/mol. The first-order valence-corrected chi connectivity index (χ1v) is 9.55. The second-order valence-corrected chi connectivity index (χ2v) is 7.10. The minimum atomic E-state index is -0.280. The highest BCUT2D eigenvalue weighted by atomic mass is 16.5. The maximum Gasteiger partial charge on any atom is 0.319 e. The van der Waals surface area contributed by atoms with Crippen LogP contribution in [0.5, 0.6) is 5.75 Å². The highest BCUT2D eigenvalue weighted by Gasteiger charge is 2.23. The van der Waals surface area contributed by atoms with Gasteiger partial charge in [0.15, 0.2) is 5.78 Å². The molecule has 26 heavy (non-hydrogen) atoms. The smallest absolute Gasteiger partial charge is 0.319 e. The van der Waals surface area contributed by atoms with Crippen molar-refractivity contribution in [2.45, 2.75) is 51.0 Å². The second-order valence-electron chi connectivity index (χ2n) is 7.10. The van der Waals surface area contributed by atoms with Crippen LogP contribution in [0.25, 0.3) is 0 Å². The molecule has 1 aliphatic carbocycles. The van der Waals surface area contributed by atoms with Gasteiger partial charge in [0.1, 0.15) is 5.75 Å². The number of nitrogens with one attached hydrogen (secondary N) is 2. The third kappa shape index (κ3) is 4.75. The van der Waals surface area contributed by atoms with E-state index >= 15 is 0 Å². The van der Waals surface area contributed by atoms with E-state index in [-0.39, 0.29) is 23.8 Å². The van der Waals surface area contributed by atoms with Gasteiger partial charge in [0, 0.05) is 30.7 Å². The molecule has 6 heteroatoms. The lowest BCUT2D eigenvalue weighted by Crippen LogP contribution is -2.41. The van der Waals surface area contributed by atoms with Crippen LogP contribution in [0, 0.1) is 5.92 Å². The van der Waals surface area contributed by atoms with Crippen molar-refractivity contribution in [3.05, 3.63) is 23.8 Å². The molecular weight excluding hydrogens is 332 g/mol. The number of methoxy groups -OCH3 is 1. The van der Waals surface area contributed by atoms with Crippen molar-refractivity contribution in [1.82, 2.24) is 5.32 Å². The van der Waals surface area contributed by atoms with Crippen LogP contribution in [-0.2, 0) is 4.74 Å². The number of rotatable bonds is 5. The van der Waals surface area contributed by atoms with Crippen molar-refractivity contribution in [3.63, 3.8) is 0 Å². The van der Waals surface area contributed by atoms with Gasteiger partial charge in [0.2, 0.25) is 0 Å². The highest BCUT2D eigenvalue weighted by molar-refractivity contribution is 6.00. The number of ketones is 1. The summed E-state index contributed by atoms with van der Waals surface area (Å²) in [5.41, 5.74) is 1.16. The number of urea groups is 1. The summed E-state index contributed by atoms with van der Waals surface area (Å²) in [6.07, 6.45) is 6.98. The van der Waals surface area contributed by atoms with Crippen LogP contribution in [-0.4, -0.2) is 38.2 Å². The summed E-state index contributed by atoms with van der Waals surface area (Å²) < 4.78 is 10.6. The van der Waals surface area contributed by atoms with Gasteiger partial charge in [-0.05, 0) is 43.9 Å². The van der Waals surface area contributed by atoms with Crippen LogP contribution in [0.15, 0.2) is 18.2 Å². The fraction of sp³-hybridized carbons (Fsp3) is 0.600. The van der Waals surface area contributed by atoms with E-state index in [2.05, 4.69) is 10.6 Å². The average Bonchev–Trinajstić information content (AvgIpc) is 2.68. The molecule has 0 atom stereocenters. The maximum atomic E-state index is 12.8. The Morgan fingerprint density at radius 2 is 1.81 bits per heavy atom. The Bertz CT molecular complexity index is 635. The molecule has 142 valence electrons. The summed E-state index contributed by atoms with van der Waals surface area (Å²) >= 11 is 0. The summed E-state index contributed by atoms with van der Waals surface area (Å²) in [5.74, 6) is 0.814. The molecule has 1 saturated carbocycles. The normalized spacial score (nSPS) is 19.0. The van der Waals surface area contributed by atoms with Crippen molar-refractivity contribution < 1.29 is 19.1 Å². The lowest BCUT2D eigenvalue weighted by molar-refractivity contribution is 0.0806. The van der Waals surface area contributed by atoms with Gasteiger partial charge in [-0.3, -0.25) is 4.79 Å². The Morgan fingerprint density at radius 3 is 2.50 bits per heavy atom. The summed E-state index contributed by atoms with van der Waals surface area (Å²) in [7, 11) is 1.56. The van der Waals surface area contributed by atoms with Gasteiger partial charge in [-0.1, -0.05) is 19.3 Å². The van der Waals surface area contributed by atoms with Gasteiger partial charge in [-0.2, -0.15) is 0 Å². The zero-order chi connectivity index (χ0) is 18.4. The number of ether oxygens (including phenoxy) is 2. The van der Waals surface area contributed by atoms with E-state index in [9.17, 15) is 9.59 Å². The predicted octanol–water partition coefficient (Wildman–Crippen LogP) is 3.76. The Morgan fingerprint density at radius 1 is 1.08 bits per heavy atom. The van der Waals surface area contributed by atoms with E-state index in [0.717, 1.165) is 38.5 Å². The number of hydrogen-bond donors (Lipinski definition) is 2. The summed E-state index contributed by atoms with van der Waals surface area (Å²) in [6, 6.07) is 5.11. The largest absolute Gasteiger partial charge is 0.495 e. The standard InChI is InChI=1S/C20H28N2O4/c1-25-18-8-7-15(19(23)14-5-3-2-4-6-14)13-17(18)22-20(24)21-16-9-11-26-12-10-16/h7-8,13-14,16H,2-6,9-12H2,1H3,(H2,21,22,24). The molecule has 2 aliphatic rings. The molecule has 6 nitrogen and oxygen atoms in total. The number of carbonyl (C=O) groups is 2. The van der Waals surface area contributed by atoms with E-state index < -0.39 is 0 Å². The van der Waals surface area contributed by atoms with Crippen LogP contribution in [0.3, 0.4) is 0 Å². The van der Waals surface area contributed by atoms with Crippen LogP contribution in [0.4, 0.5) is 10.5 Å². The van der Waals surface area contributed by atoms with Crippen molar-refractivity contribution in [2.75, 3.05) is 25.6 Å². The molecule has 2 fully saturated rings. The Balaban J connectivity index is 1.68. The Labute approximate surface area is 154 Å². The number of amides is 2. The van der Waals surface area contributed by atoms with Gasteiger partial charge in [0.05, 0.1) is 12.8 Å². The monoisotopic (exact) mass is 360 g/mol. The molecule has 1 aliphatic heterocycles. The van der Waals surface area contributed by atoms with Gasteiger partial charge in [0.25, 0.3) is 0 Å². The third-order valence-electron chi connectivity index (χ3n) is 5.26. The van der Waals surface area contributed by atoms with Gasteiger partial charge in [-0.15, -0.1) is 0 Å². The van der Waals surface area contributed by atoms with Crippen LogP contribution >= 0.6 is 0 Å². The Hall–Kier alpha value is -2.08. The van der Waals surface area contributed by atoms with Crippen molar-refractivity contribution >= 4 is 17.5 Å². The second kappa shape index (κ2) is 9.03. The maximum absolute atomic E-state index is 12.8. The zero-order valence-corrected chi connectivity index (χ0v) is 15.4. The predicted molar refractivity (Wildman–Crippen MR) is 99.9 cm³/mol. The van der Waals surface area contributed by atoms with E-state index in [0.29, 0.717) is 30.2 Å². The first-order valence-electron chi connectivity index (χ1n) is 9.55. The summed E-state index contributed by atoms with van der Waals surface area (Å²) in [5, 5.41) is 5.80. The highest BCUT2D eigenvalue weighted by Crippen LogP contribution is 2.30. The molecule has 0 aromatic heterocycles. The summed E-state index contributed by atoms with van der Waals surface area (Å²) in [4.78, 5) is 25.1. The molecule has 2 N–H and O–H groups in total. The molecule has 1 saturated heterocycles. The van der Waals surface area contributed by atoms with Gasteiger partial charge < -0.3 is 20.1 Å². The van der Waals surface area contributed by atoms with Crippen molar-refractivity contribution in [3.8, 4) is 5.75 Å². The molecule has 1 aromatic rings. The zero-order valence-electron chi connectivity index (χ0n) is 15.4. The summed E-state index contributed by atoms with van der Waals surface area (Å²) in [6.45, 7) is 1.33. The van der Waals surface area contributed by atoms with Gasteiger partial charge >= 0.3 is 6.03 Å². The number of benzene rings is 1. The van der Waals surface area contributed by atoms with E-state index in [1.54, 1.807) is 25.3 Å². The van der Waals surface area contributed by atoms with Crippen molar-refractivity contribution in [1.29, 1.82) is 0 Å². The molecule has 0 unspecified atom stereocenters.